The van der Waals surface area contributed by atoms with E-state index in [9.17, 15) is 13.2 Å². The van der Waals surface area contributed by atoms with E-state index in [0.717, 1.165) is 42.3 Å². The molecule has 5 heterocycles. The van der Waals surface area contributed by atoms with Gasteiger partial charge in [0.1, 0.15) is 45.0 Å². The van der Waals surface area contributed by atoms with Gasteiger partial charge in [0.2, 0.25) is 15.2 Å². The second-order valence-corrected chi connectivity index (χ2v) is 36.6. The van der Waals surface area contributed by atoms with Crippen molar-refractivity contribution >= 4 is 93.7 Å². The number of fused-ring (bicyclic) bond motifs is 5. The van der Waals surface area contributed by atoms with Gasteiger partial charge in [0.15, 0.2) is 59.9 Å². The summed E-state index contributed by atoms with van der Waals surface area (Å²) in [4.78, 5) is 22.5. The third-order valence-corrected chi connectivity index (χ3v) is 29.4. The molecule has 0 radical (unpaired) electrons. The molecule has 0 amide bonds. The van der Waals surface area contributed by atoms with E-state index in [0.29, 0.717) is 26.7 Å². The highest BCUT2D eigenvalue weighted by Crippen LogP contribution is 2.47. The predicted molar refractivity (Wildman–Crippen MR) is 411 cm³/mol. The average molecular weight is 1360 g/mol. The summed E-state index contributed by atoms with van der Waals surface area (Å²) in [7, 11) is -0.765. The number of thiophene rings is 1. The molecule has 12 aromatic rings. The summed E-state index contributed by atoms with van der Waals surface area (Å²) in [6.07, 6.45) is 9.79. The lowest BCUT2D eigenvalue weighted by Crippen LogP contribution is -2.18. The molecule has 2 fully saturated rings. The molecule has 10 aromatic carbocycles. The van der Waals surface area contributed by atoms with Crippen LogP contribution in [0, 0.1) is 13.8 Å². The summed E-state index contributed by atoms with van der Waals surface area (Å²) in [5.74, 6) is 8.66. The molecule has 3 aliphatic heterocycles. The van der Waals surface area contributed by atoms with E-state index in [2.05, 4.69) is 192 Å². The molecule has 482 valence electrons. The Kier molecular flexibility index (Phi) is 24.3. The van der Waals surface area contributed by atoms with Crippen molar-refractivity contribution in [2.24, 2.45) is 0 Å². The Balaban J connectivity index is 0.000000130. The lowest BCUT2D eigenvalue weighted by molar-refractivity contribution is 0.408. The molecule has 0 N–H and O–H groups in total. The predicted octanol–water partition coefficient (Wildman–Crippen LogP) is 22.6. The van der Waals surface area contributed by atoms with Crippen molar-refractivity contribution in [2.45, 2.75) is 122 Å². The third-order valence-electron chi connectivity index (χ3n) is 16.7. The number of sulfone groups is 1. The number of ether oxygens (including phenoxy) is 2. The number of para-hydroxylation sites is 2. The van der Waals surface area contributed by atoms with Gasteiger partial charge in [0.25, 0.3) is 0 Å². The van der Waals surface area contributed by atoms with Gasteiger partial charge in [-0.3, -0.25) is 4.79 Å². The van der Waals surface area contributed by atoms with Gasteiger partial charge in [0.05, 0.1) is 22.8 Å². The second kappa shape index (κ2) is 32.9. The van der Waals surface area contributed by atoms with Crippen LogP contribution in [0.4, 0.5) is 0 Å². The topological polar surface area (TPSA) is 69.7 Å². The molecule has 15 rings (SSSR count). The maximum atomic E-state index is 12.8. The van der Waals surface area contributed by atoms with Crippen LogP contribution in [-0.2, 0) is 47.9 Å². The highest BCUT2D eigenvalue weighted by atomic mass is 32.2. The van der Waals surface area contributed by atoms with Crippen LogP contribution >= 0.6 is 20.9 Å². The lowest BCUT2D eigenvalue weighted by atomic mass is 9.87. The van der Waals surface area contributed by atoms with Crippen LogP contribution in [0.3, 0.4) is 0 Å². The minimum absolute atomic E-state index is 0.0442. The molecule has 0 bridgehead atoms. The van der Waals surface area contributed by atoms with E-state index in [1.54, 1.807) is 29.0 Å². The van der Waals surface area contributed by atoms with Gasteiger partial charge in [-0.05, 0) is 208 Å². The molecule has 0 spiro atoms. The monoisotopic (exact) mass is 1360 g/mol. The number of hydrogen-bond acceptors (Lipinski definition) is 5. The number of rotatable bonds is 7. The first kappa shape index (κ1) is 69.5. The number of aryl methyl sites for hydroxylation is 2. The molecule has 94 heavy (non-hydrogen) atoms. The summed E-state index contributed by atoms with van der Waals surface area (Å²) >= 11 is 0. The zero-order valence-electron chi connectivity index (χ0n) is 55.8. The molecule has 1 atom stereocenters. The average Bonchev–Trinajstić information content (AvgIpc) is 0.955. The molecule has 2 aromatic heterocycles. The van der Waals surface area contributed by atoms with Crippen molar-refractivity contribution in [3.05, 3.63) is 281 Å². The van der Waals surface area contributed by atoms with Crippen molar-refractivity contribution < 1.29 is 17.9 Å². The SMILES string of the molecule is CC.CC(C)(C)c1ccc(-[s+]2ccc3ccccc32)cc1.COc1c(C)cc([S+]2CCCCC2)cc1C.CS(=O)(=O)c1ccc(-[s+]2c3ccccc3c(=O)c3ccccc32)cc1.c1ccc([S+]2CCCCC2)cc1.c1ccc([S+]2c3ccccc3Oc3ccccc32)cc1. The maximum absolute atomic E-state index is 12.8. The summed E-state index contributed by atoms with van der Waals surface area (Å²) in [6.45, 7) is 15.1. The maximum Gasteiger partial charge on any atom is 0.209 e. The zero-order valence-corrected chi connectivity index (χ0v) is 60.7. The summed E-state index contributed by atoms with van der Waals surface area (Å²) in [5.41, 5.74) is 4.25. The van der Waals surface area contributed by atoms with Gasteiger partial charge in [-0.1, -0.05) is 144 Å². The van der Waals surface area contributed by atoms with Crippen molar-refractivity contribution in [1.29, 1.82) is 0 Å². The van der Waals surface area contributed by atoms with Crippen LogP contribution < -0.4 is 14.9 Å². The van der Waals surface area contributed by atoms with Crippen molar-refractivity contribution in [2.75, 3.05) is 36.4 Å². The van der Waals surface area contributed by atoms with E-state index in [1.165, 1.54) is 114 Å². The van der Waals surface area contributed by atoms with Crippen LogP contribution in [0.25, 0.3) is 40.0 Å². The Morgan fingerprint density at radius 3 is 1.38 bits per heavy atom. The first-order valence-corrected chi connectivity index (χ1v) is 41.5. The Bertz CT molecular complexity index is 4470. The second-order valence-electron chi connectivity index (χ2n) is 24.3. The fourth-order valence-electron chi connectivity index (χ4n) is 11.9. The quantitative estimate of drug-likeness (QED) is 0.117. The van der Waals surface area contributed by atoms with Crippen LogP contribution in [0.2, 0.25) is 0 Å². The highest BCUT2D eigenvalue weighted by molar-refractivity contribution is 7.97. The molecule has 2 saturated heterocycles. The largest absolute Gasteiger partial charge is 0.496 e. The van der Waals surface area contributed by atoms with Crippen LogP contribution in [0.5, 0.6) is 17.2 Å². The molecule has 11 heteroatoms. The summed E-state index contributed by atoms with van der Waals surface area (Å²) < 4.78 is 38.3. The first-order valence-electron chi connectivity index (χ1n) is 32.7. The fourth-order valence-corrected chi connectivity index (χ4v) is 23.8. The van der Waals surface area contributed by atoms with Crippen molar-refractivity contribution in [3.8, 4) is 27.0 Å². The van der Waals surface area contributed by atoms with Crippen LogP contribution in [0.15, 0.2) is 288 Å². The van der Waals surface area contributed by atoms with Crippen LogP contribution in [0.1, 0.15) is 89.8 Å². The van der Waals surface area contributed by atoms with Gasteiger partial charge in [-0.25, -0.2) is 8.42 Å². The van der Waals surface area contributed by atoms with Gasteiger partial charge < -0.3 is 9.47 Å². The normalized spacial score (nSPS) is 14.1. The van der Waals surface area contributed by atoms with Crippen molar-refractivity contribution in [3.63, 3.8) is 0 Å². The first-order chi connectivity index (χ1) is 45.6. The van der Waals surface area contributed by atoms with Gasteiger partial charge >= 0.3 is 0 Å². The standard InChI is InChI=1S/C20H15O3S2.C18H13OS.C18H19S.C14H21OS.C11H15S.C2H6/c1-25(22,23)15-12-10-14(11-13-15)24-18-8-4-2-6-16(18)20(21)17-7-3-5-9-19(17)24;1-2-8-14(9-3-1)20-17-12-6-4-10-15(17)19-16-11-5-7-13-18(16)20;1-18(2,3)15-8-10-16(11-9-15)19-13-12-14-6-4-5-7-17(14)19;1-11-9-13(10-12(2)14(11)15-3)16-7-5-4-6-8-16;1-3-7-11(8-4-1)12-9-5-2-6-10-12;1-2/h2-13H,1H3;1-13H;4-13H,1-3H3;9-10H,4-8H2,1-3H3;1,3-4,7-8H,2,5-6,9-10H2;1-2H3/q5*+1;. The summed E-state index contributed by atoms with van der Waals surface area (Å²) in [6, 6.07) is 85.3. The molecular weight excluding hydrogens is 1270 g/mol. The molecule has 1 unspecified atom stereocenters. The molecule has 5 nitrogen and oxygen atoms in total. The smallest absolute Gasteiger partial charge is 0.209 e. The van der Waals surface area contributed by atoms with E-state index in [-0.39, 0.29) is 32.2 Å². The molecule has 3 aliphatic rings. The van der Waals surface area contributed by atoms with Crippen LogP contribution in [-0.4, -0.2) is 44.8 Å². The zero-order chi connectivity index (χ0) is 66.2. The van der Waals surface area contributed by atoms with Gasteiger partial charge in [-0.2, -0.15) is 0 Å². The lowest BCUT2D eigenvalue weighted by Gasteiger charge is -2.19. The van der Waals surface area contributed by atoms with Crippen molar-refractivity contribution in [1.82, 2.24) is 0 Å². The molecule has 0 saturated carbocycles. The number of hydrogen-bond donors (Lipinski definition) is 0. The fraction of sp³-hybridized carbons (Fsp3) is 0.241. The third kappa shape index (κ3) is 17.0. The van der Waals surface area contributed by atoms with E-state index >= 15 is 0 Å². The minimum atomic E-state index is -3.23. The molecular formula is C83H89O5S6+5. The van der Waals surface area contributed by atoms with E-state index < -0.39 is 20.3 Å². The number of methoxy groups -OCH3 is 1. The Hall–Kier alpha value is -7.35. The number of benzene rings is 10. The van der Waals surface area contributed by atoms with Gasteiger partial charge in [-0.15, -0.1) is 0 Å². The highest BCUT2D eigenvalue weighted by Gasteiger charge is 2.39. The Labute approximate surface area is 573 Å². The summed E-state index contributed by atoms with van der Waals surface area (Å²) in [5, 5.41) is 5.13. The van der Waals surface area contributed by atoms with E-state index in [4.69, 9.17) is 9.47 Å². The van der Waals surface area contributed by atoms with Gasteiger partial charge in [0, 0.05) is 60.4 Å². The Morgan fingerprint density at radius 1 is 0.447 bits per heavy atom. The Morgan fingerprint density at radius 2 is 0.883 bits per heavy atom. The van der Waals surface area contributed by atoms with E-state index in [1.807, 2.05) is 98.8 Å². The molecule has 0 aliphatic carbocycles. The minimum Gasteiger partial charge on any atom is -0.496 e.